The molecule has 1 aromatic carbocycles. The van der Waals surface area contributed by atoms with Gasteiger partial charge in [-0.25, -0.2) is 4.39 Å². The van der Waals surface area contributed by atoms with Gasteiger partial charge < -0.3 is 4.74 Å². The largest absolute Gasteiger partial charge is 0.494 e. The lowest BCUT2D eigenvalue weighted by atomic mass is 10.0. The van der Waals surface area contributed by atoms with Gasteiger partial charge in [-0.1, -0.05) is 6.07 Å². The molecule has 3 N–H and O–H groups in total. The summed E-state index contributed by atoms with van der Waals surface area (Å²) in [5.74, 6) is 5.94. The highest BCUT2D eigenvalue weighted by atomic mass is 19.1. The van der Waals surface area contributed by atoms with Crippen LogP contribution in [0.3, 0.4) is 0 Å². The molecule has 3 nitrogen and oxygen atoms in total. The second-order valence-corrected chi connectivity index (χ2v) is 3.88. The molecule has 15 heavy (non-hydrogen) atoms. The van der Waals surface area contributed by atoms with E-state index in [0.717, 1.165) is 18.4 Å². The van der Waals surface area contributed by atoms with Crippen molar-refractivity contribution in [3.8, 4) is 5.75 Å². The van der Waals surface area contributed by atoms with Gasteiger partial charge in [-0.05, 0) is 36.5 Å². The van der Waals surface area contributed by atoms with Crippen LogP contribution in [0.1, 0.15) is 24.4 Å². The zero-order valence-corrected chi connectivity index (χ0v) is 8.66. The summed E-state index contributed by atoms with van der Waals surface area (Å²) >= 11 is 0. The first-order chi connectivity index (χ1) is 7.26. The van der Waals surface area contributed by atoms with E-state index in [-0.39, 0.29) is 17.6 Å². The van der Waals surface area contributed by atoms with E-state index in [1.165, 1.54) is 13.2 Å². The van der Waals surface area contributed by atoms with E-state index < -0.39 is 0 Å². The molecule has 0 amide bonds. The van der Waals surface area contributed by atoms with Crippen LogP contribution in [-0.4, -0.2) is 7.11 Å². The SMILES string of the molecule is COc1ccc(C(NN)C2CC2)cc1F. The Bertz CT molecular complexity index is 352. The summed E-state index contributed by atoms with van der Waals surface area (Å²) in [6, 6.07) is 5.04. The molecule has 0 heterocycles. The minimum absolute atomic E-state index is 0.0606. The van der Waals surface area contributed by atoms with E-state index in [1.807, 2.05) is 6.07 Å². The molecule has 1 fully saturated rings. The summed E-state index contributed by atoms with van der Waals surface area (Å²) in [4.78, 5) is 0. The molecule has 0 aromatic heterocycles. The molecule has 0 spiro atoms. The normalized spacial score (nSPS) is 17.5. The lowest BCUT2D eigenvalue weighted by molar-refractivity contribution is 0.384. The smallest absolute Gasteiger partial charge is 0.165 e. The van der Waals surface area contributed by atoms with E-state index in [0.29, 0.717) is 5.92 Å². The van der Waals surface area contributed by atoms with Gasteiger partial charge in [-0.15, -0.1) is 0 Å². The highest BCUT2D eigenvalue weighted by Gasteiger charge is 2.31. The maximum atomic E-state index is 13.4. The minimum Gasteiger partial charge on any atom is -0.494 e. The predicted octanol–water partition coefficient (Wildman–Crippen LogP) is 1.75. The number of benzene rings is 1. The number of rotatable bonds is 4. The van der Waals surface area contributed by atoms with Gasteiger partial charge in [0.2, 0.25) is 0 Å². The number of hydrogen-bond donors (Lipinski definition) is 2. The second kappa shape index (κ2) is 4.16. The van der Waals surface area contributed by atoms with Crippen LogP contribution in [0.5, 0.6) is 5.75 Å². The van der Waals surface area contributed by atoms with Gasteiger partial charge in [-0.2, -0.15) is 0 Å². The van der Waals surface area contributed by atoms with Crippen molar-refractivity contribution in [1.29, 1.82) is 0 Å². The third-order valence-electron chi connectivity index (χ3n) is 2.81. The Hall–Kier alpha value is -1.13. The van der Waals surface area contributed by atoms with Crippen molar-refractivity contribution in [3.63, 3.8) is 0 Å². The van der Waals surface area contributed by atoms with Gasteiger partial charge in [0.05, 0.1) is 7.11 Å². The number of nitrogens with two attached hydrogens (primary N) is 1. The van der Waals surface area contributed by atoms with E-state index in [2.05, 4.69) is 5.43 Å². The summed E-state index contributed by atoms with van der Waals surface area (Å²) in [6.07, 6.45) is 2.31. The molecule has 1 aliphatic rings. The maximum Gasteiger partial charge on any atom is 0.165 e. The van der Waals surface area contributed by atoms with Gasteiger partial charge in [0.15, 0.2) is 11.6 Å². The molecule has 1 saturated carbocycles. The van der Waals surface area contributed by atoms with Crippen molar-refractivity contribution in [3.05, 3.63) is 29.6 Å². The quantitative estimate of drug-likeness (QED) is 0.588. The standard InChI is InChI=1S/C11H15FN2O/c1-15-10-5-4-8(6-9(10)12)11(14-13)7-2-3-7/h4-7,11,14H,2-3,13H2,1H3. The molecule has 4 heteroatoms. The number of nitrogens with one attached hydrogen (secondary N) is 1. The van der Waals surface area contributed by atoms with Crippen LogP contribution in [-0.2, 0) is 0 Å². The number of hydrazine groups is 1. The molecule has 1 aliphatic carbocycles. The topological polar surface area (TPSA) is 47.3 Å². The molecular formula is C11H15FN2O. The summed E-state index contributed by atoms with van der Waals surface area (Å²) in [6.45, 7) is 0. The van der Waals surface area contributed by atoms with E-state index in [9.17, 15) is 4.39 Å². The number of halogens is 1. The number of methoxy groups -OCH3 is 1. The fourth-order valence-electron chi connectivity index (χ4n) is 1.81. The Morgan fingerprint density at radius 3 is 2.73 bits per heavy atom. The summed E-state index contributed by atoms with van der Waals surface area (Å²) in [5.41, 5.74) is 3.62. The molecule has 0 radical (unpaired) electrons. The van der Waals surface area contributed by atoms with Crippen molar-refractivity contribution in [2.75, 3.05) is 7.11 Å². The molecule has 1 atom stereocenters. The van der Waals surface area contributed by atoms with Gasteiger partial charge in [0, 0.05) is 6.04 Å². The Kier molecular flexibility index (Phi) is 2.88. The highest BCUT2D eigenvalue weighted by Crippen LogP contribution is 2.41. The van der Waals surface area contributed by atoms with Crippen molar-refractivity contribution in [2.45, 2.75) is 18.9 Å². The molecule has 2 rings (SSSR count). The number of hydrogen-bond acceptors (Lipinski definition) is 3. The molecular weight excluding hydrogens is 195 g/mol. The summed E-state index contributed by atoms with van der Waals surface area (Å²) in [5, 5.41) is 0. The summed E-state index contributed by atoms with van der Waals surface area (Å²) < 4.78 is 18.3. The van der Waals surface area contributed by atoms with E-state index in [1.54, 1.807) is 6.07 Å². The van der Waals surface area contributed by atoms with Crippen molar-refractivity contribution < 1.29 is 9.13 Å². The average Bonchev–Trinajstić information content (AvgIpc) is 3.03. The lowest BCUT2D eigenvalue weighted by Crippen LogP contribution is -2.29. The minimum atomic E-state index is -0.337. The first kappa shape index (κ1) is 10.4. The van der Waals surface area contributed by atoms with E-state index >= 15 is 0 Å². The predicted molar refractivity (Wildman–Crippen MR) is 55.7 cm³/mol. The van der Waals surface area contributed by atoms with Crippen LogP contribution >= 0.6 is 0 Å². The number of ether oxygens (including phenoxy) is 1. The molecule has 82 valence electrons. The third-order valence-corrected chi connectivity index (χ3v) is 2.81. The summed E-state index contributed by atoms with van der Waals surface area (Å²) in [7, 11) is 1.46. The van der Waals surface area contributed by atoms with Gasteiger partial charge in [-0.3, -0.25) is 11.3 Å². The van der Waals surface area contributed by atoms with Crippen molar-refractivity contribution in [1.82, 2.24) is 5.43 Å². The zero-order valence-electron chi connectivity index (χ0n) is 8.66. The average molecular weight is 210 g/mol. The van der Waals surface area contributed by atoms with Gasteiger partial charge in [0.1, 0.15) is 0 Å². The van der Waals surface area contributed by atoms with Crippen molar-refractivity contribution in [2.24, 2.45) is 11.8 Å². The van der Waals surface area contributed by atoms with Crippen LogP contribution in [0.2, 0.25) is 0 Å². The first-order valence-electron chi connectivity index (χ1n) is 5.06. The van der Waals surface area contributed by atoms with E-state index in [4.69, 9.17) is 10.6 Å². The van der Waals surface area contributed by atoms with Crippen LogP contribution in [0.15, 0.2) is 18.2 Å². The molecule has 0 bridgehead atoms. The second-order valence-electron chi connectivity index (χ2n) is 3.88. The van der Waals surface area contributed by atoms with Gasteiger partial charge >= 0.3 is 0 Å². The monoisotopic (exact) mass is 210 g/mol. The zero-order chi connectivity index (χ0) is 10.8. The third kappa shape index (κ3) is 2.11. The fourth-order valence-corrected chi connectivity index (χ4v) is 1.81. The van der Waals surface area contributed by atoms with Crippen LogP contribution in [0.4, 0.5) is 4.39 Å². The molecule has 1 unspecified atom stereocenters. The van der Waals surface area contributed by atoms with Crippen LogP contribution in [0, 0.1) is 11.7 Å². The Labute approximate surface area is 88.4 Å². The van der Waals surface area contributed by atoms with Crippen molar-refractivity contribution >= 4 is 0 Å². The highest BCUT2D eigenvalue weighted by molar-refractivity contribution is 5.31. The molecule has 0 aliphatic heterocycles. The Balaban J connectivity index is 2.23. The fraction of sp³-hybridized carbons (Fsp3) is 0.455. The first-order valence-corrected chi connectivity index (χ1v) is 5.06. The lowest BCUT2D eigenvalue weighted by Gasteiger charge is -2.16. The van der Waals surface area contributed by atoms with Crippen LogP contribution in [0.25, 0.3) is 0 Å². The Morgan fingerprint density at radius 2 is 2.27 bits per heavy atom. The van der Waals surface area contributed by atoms with Crippen LogP contribution < -0.4 is 16.0 Å². The Morgan fingerprint density at radius 1 is 1.53 bits per heavy atom. The van der Waals surface area contributed by atoms with Gasteiger partial charge in [0.25, 0.3) is 0 Å². The molecule has 1 aromatic rings. The molecule has 0 saturated heterocycles. The maximum absolute atomic E-state index is 13.4.